The highest BCUT2D eigenvalue weighted by atomic mass is 14.7. The Balaban J connectivity index is 2.47. The molecule has 0 spiro atoms. The van der Waals surface area contributed by atoms with Crippen LogP contribution in [0.1, 0.15) is 59.8 Å². The molecule has 0 amide bonds. The van der Waals surface area contributed by atoms with Gasteiger partial charge in [0.1, 0.15) is 0 Å². The second-order valence-corrected chi connectivity index (χ2v) is 5.85. The minimum absolute atomic E-state index is 0.00313. The fraction of sp³-hybridized carbons (Fsp3) is 0.733. The van der Waals surface area contributed by atoms with Crippen molar-refractivity contribution >= 4 is 0 Å². The van der Waals surface area contributed by atoms with Crippen LogP contribution in [0.25, 0.3) is 0 Å². The average Bonchev–Trinajstić information content (AvgIpc) is 2.17. The van der Waals surface area contributed by atoms with Crippen molar-refractivity contribution < 1.29 is 0 Å². The summed E-state index contributed by atoms with van der Waals surface area (Å²) in [6.07, 6.45) is 10.6. The largest absolute Gasteiger partial charge is 0.325 e. The highest BCUT2D eigenvalue weighted by molar-refractivity contribution is 5.07. The molecular formula is C15H27N. The van der Waals surface area contributed by atoms with Crippen molar-refractivity contribution in [1.29, 1.82) is 0 Å². The van der Waals surface area contributed by atoms with Crippen LogP contribution in [0.4, 0.5) is 0 Å². The Morgan fingerprint density at radius 1 is 1.56 bits per heavy atom. The molecule has 0 aromatic carbocycles. The molecule has 0 aromatic heterocycles. The molecule has 16 heavy (non-hydrogen) atoms. The third-order valence-electron chi connectivity index (χ3n) is 3.81. The van der Waals surface area contributed by atoms with Crippen molar-refractivity contribution in [3.8, 4) is 0 Å². The molecule has 0 fully saturated rings. The summed E-state index contributed by atoms with van der Waals surface area (Å²) in [4.78, 5) is 0. The third kappa shape index (κ3) is 4.13. The van der Waals surface area contributed by atoms with Crippen LogP contribution in [0.15, 0.2) is 23.3 Å². The van der Waals surface area contributed by atoms with Crippen LogP contribution in [0.2, 0.25) is 0 Å². The van der Waals surface area contributed by atoms with Gasteiger partial charge in [-0.1, -0.05) is 23.3 Å². The van der Waals surface area contributed by atoms with E-state index in [1.165, 1.54) is 30.4 Å². The number of rotatable bonds is 4. The van der Waals surface area contributed by atoms with E-state index >= 15 is 0 Å². The van der Waals surface area contributed by atoms with E-state index in [0.29, 0.717) is 5.92 Å². The molecule has 92 valence electrons. The van der Waals surface area contributed by atoms with E-state index in [1.807, 2.05) is 0 Å². The maximum Gasteiger partial charge on any atom is 0.0160 e. The molecule has 0 aromatic rings. The Morgan fingerprint density at radius 3 is 2.75 bits per heavy atom. The summed E-state index contributed by atoms with van der Waals surface area (Å²) in [5.74, 6) is 0.668. The number of nitrogens with two attached hydrogens (primary N) is 1. The quantitative estimate of drug-likeness (QED) is 0.707. The first-order chi connectivity index (χ1) is 7.42. The highest BCUT2D eigenvalue weighted by Gasteiger charge is 2.29. The van der Waals surface area contributed by atoms with Crippen molar-refractivity contribution in [2.75, 3.05) is 0 Å². The summed E-state index contributed by atoms with van der Waals surface area (Å²) in [6.45, 7) is 8.76. The first-order valence-corrected chi connectivity index (χ1v) is 6.49. The molecule has 2 unspecified atom stereocenters. The molecular weight excluding hydrogens is 194 g/mol. The maximum absolute atomic E-state index is 6.46. The van der Waals surface area contributed by atoms with Crippen molar-refractivity contribution in [2.45, 2.75) is 65.3 Å². The molecule has 2 atom stereocenters. The maximum atomic E-state index is 6.46. The first kappa shape index (κ1) is 13.5. The van der Waals surface area contributed by atoms with E-state index in [1.54, 1.807) is 0 Å². The lowest BCUT2D eigenvalue weighted by molar-refractivity contribution is 0.256. The summed E-state index contributed by atoms with van der Waals surface area (Å²) in [5, 5.41) is 0. The Labute approximate surface area is 101 Å². The lowest BCUT2D eigenvalue weighted by Crippen LogP contribution is -2.44. The van der Waals surface area contributed by atoms with E-state index in [0.717, 1.165) is 12.8 Å². The summed E-state index contributed by atoms with van der Waals surface area (Å²) in [7, 11) is 0. The van der Waals surface area contributed by atoms with Gasteiger partial charge in [0.25, 0.3) is 0 Å². The minimum atomic E-state index is 0.00313. The van der Waals surface area contributed by atoms with Gasteiger partial charge in [-0.3, -0.25) is 0 Å². The van der Waals surface area contributed by atoms with E-state index in [2.05, 4.69) is 39.8 Å². The van der Waals surface area contributed by atoms with Crippen molar-refractivity contribution in [3.63, 3.8) is 0 Å². The van der Waals surface area contributed by atoms with Crippen LogP contribution in [-0.2, 0) is 0 Å². The van der Waals surface area contributed by atoms with Gasteiger partial charge < -0.3 is 5.73 Å². The topological polar surface area (TPSA) is 26.0 Å². The van der Waals surface area contributed by atoms with Crippen molar-refractivity contribution in [3.05, 3.63) is 23.3 Å². The fourth-order valence-electron chi connectivity index (χ4n) is 2.44. The van der Waals surface area contributed by atoms with Crippen LogP contribution < -0.4 is 5.73 Å². The van der Waals surface area contributed by atoms with Gasteiger partial charge >= 0.3 is 0 Å². The Kier molecular flexibility index (Phi) is 4.79. The summed E-state index contributed by atoms with van der Waals surface area (Å²) < 4.78 is 0. The number of hydrogen-bond donors (Lipinski definition) is 1. The summed E-state index contributed by atoms with van der Waals surface area (Å²) in [5.41, 5.74) is 9.40. The molecule has 1 aliphatic rings. The van der Waals surface area contributed by atoms with Crippen LogP contribution >= 0.6 is 0 Å². The van der Waals surface area contributed by atoms with Crippen molar-refractivity contribution in [1.82, 2.24) is 0 Å². The molecule has 1 nitrogen and oxygen atoms in total. The van der Waals surface area contributed by atoms with Crippen molar-refractivity contribution in [2.24, 2.45) is 11.7 Å². The van der Waals surface area contributed by atoms with Gasteiger partial charge in [0.05, 0.1) is 0 Å². The van der Waals surface area contributed by atoms with Gasteiger partial charge in [0.15, 0.2) is 0 Å². The molecule has 1 heteroatoms. The average molecular weight is 221 g/mol. The first-order valence-electron chi connectivity index (χ1n) is 6.49. The van der Waals surface area contributed by atoms with E-state index in [-0.39, 0.29) is 5.54 Å². The van der Waals surface area contributed by atoms with Crippen LogP contribution in [0.5, 0.6) is 0 Å². The lowest BCUT2D eigenvalue weighted by atomic mass is 9.75. The monoisotopic (exact) mass is 221 g/mol. The van der Waals surface area contributed by atoms with Crippen LogP contribution in [0.3, 0.4) is 0 Å². The normalized spacial score (nSPS) is 24.6. The van der Waals surface area contributed by atoms with Crippen LogP contribution in [0, 0.1) is 5.92 Å². The smallest absolute Gasteiger partial charge is 0.0160 e. The van der Waals surface area contributed by atoms with Gasteiger partial charge in [-0.25, -0.2) is 0 Å². The predicted octanol–water partition coefficient (Wildman–Crippen LogP) is 4.20. The zero-order chi connectivity index (χ0) is 12.2. The molecule has 1 rings (SSSR count). The van der Waals surface area contributed by atoms with E-state index < -0.39 is 0 Å². The highest BCUT2D eigenvalue weighted by Crippen LogP contribution is 2.33. The molecule has 1 aliphatic carbocycles. The summed E-state index contributed by atoms with van der Waals surface area (Å²) >= 11 is 0. The van der Waals surface area contributed by atoms with Gasteiger partial charge in [-0.15, -0.1) is 0 Å². The predicted molar refractivity (Wildman–Crippen MR) is 72.4 cm³/mol. The van der Waals surface area contributed by atoms with Crippen LogP contribution in [-0.4, -0.2) is 5.54 Å². The Morgan fingerprint density at radius 2 is 2.25 bits per heavy atom. The zero-order valence-corrected chi connectivity index (χ0v) is 11.3. The molecule has 0 saturated heterocycles. The van der Waals surface area contributed by atoms with Gasteiger partial charge in [0, 0.05) is 5.54 Å². The number of allylic oxidation sites excluding steroid dienone is 4. The summed E-state index contributed by atoms with van der Waals surface area (Å²) in [6, 6.07) is 0. The third-order valence-corrected chi connectivity index (χ3v) is 3.81. The lowest BCUT2D eigenvalue weighted by Gasteiger charge is -2.36. The van der Waals surface area contributed by atoms with E-state index in [9.17, 15) is 0 Å². The second kappa shape index (κ2) is 5.67. The molecule has 0 saturated carbocycles. The molecule has 0 bridgehead atoms. The van der Waals surface area contributed by atoms with Gasteiger partial charge in [-0.2, -0.15) is 0 Å². The molecule has 0 radical (unpaired) electrons. The molecule has 2 N–H and O–H groups in total. The standard InChI is InChI=1S/C15H27N/c1-12(2)6-5-11-15(4,16)14-9-7-13(3)8-10-14/h6-7,14H,5,8-11,16H2,1-4H3. The van der Waals surface area contributed by atoms with E-state index in [4.69, 9.17) is 5.73 Å². The fourth-order valence-corrected chi connectivity index (χ4v) is 2.44. The zero-order valence-electron chi connectivity index (χ0n) is 11.3. The Hall–Kier alpha value is -0.560. The minimum Gasteiger partial charge on any atom is -0.325 e. The molecule has 0 heterocycles. The number of hydrogen-bond acceptors (Lipinski definition) is 1. The second-order valence-electron chi connectivity index (χ2n) is 5.85. The van der Waals surface area contributed by atoms with Gasteiger partial charge in [0.2, 0.25) is 0 Å². The SMILES string of the molecule is CC(C)=CCCC(C)(N)C1CC=C(C)CC1. The molecule has 0 aliphatic heterocycles. The Bertz CT molecular complexity index is 280. The van der Waals surface area contributed by atoms with Gasteiger partial charge in [-0.05, 0) is 65.7 Å².